The highest BCUT2D eigenvalue weighted by Gasteiger charge is 2.32. The van der Waals surface area contributed by atoms with Crippen LogP contribution in [-0.2, 0) is 9.53 Å². The number of carbonyl (C=O) groups is 1. The van der Waals surface area contributed by atoms with Crippen molar-refractivity contribution in [1.82, 2.24) is 5.32 Å². The lowest BCUT2D eigenvalue weighted by atomic mass is 9.81. The summed E-state index contributed by atoms with van der Waals surface area (Å²) in [5.41, 5.74) is 2.05. The Balaban J connectivity index is 2.16. The summed E-state index contributed by atoms with van der Waals surface area (Å²) in [6.07, 6.45) is 0.468. The Morgan fingerprint density at radius 2 is 2.15 bits per heavy atom. The summed E-state index contributed by atoms with van der Waals surface area (Å²) in [7, 11) is 0. The van der Waals surface area contributed by atoms with Gasteiger partial charge in [-0.2, -0.15) is 0 Å². The summed E-state index contributed by atoms with van der Waals surface area (Å²) in [5, 5.41) is 12.8. The number of ether oxygens (including phenoxy) is 1. The number of aliphatic hydroxyl groups is 1. The third-order valence-electron chi connectivity index (χ3n) is 3.92. The number of hydrogen-bond donors (Lipinski definition) is 2. The minimum absolute atomic E-state index is 0.121. The van der Waals surface area contributed by atoms with Gasteiger partial charge in [0.15, 0.2) is 0 Å². The summed E-state index contributed by atoms with van der Waals surface area (Å²) in [4.78, 5) is 12.1. The fraction of sp³-hybridized carbons (Fsp3) is 0.562. The molecule has 1 saturated heterocycles. The number of rotatable bonds is 4. The maximum absolute atomic E-state index is 12.1. The summed E-state index contributed by atoms with van der Waals surface area (Å²) in [5.74, 6) is -0.0521. The van der Waals surface area contributed by atoms with Gasteiger partial charge >= 0.3 is 5.97 Å². The topological polar surface area (TPSA) is 58.6 Å². The second-order valence-corrected chi connectivity index (χ2v) is 5.30. The van der Waals surface area contributed by atoms with Gasteiger partial charge in [0.05, 0.1) is 18.6 Å². The predicted octanol–water partition coefficient (Wildman–Crippen LogP) is 2.00. The van der Waals surface area contributed by atoms with Crippen LogP contribution in [-0.4, -0.2) is 30.8 Å². The van der Waals surface area contributed by atoms with Crippen molar-refractivity contribution in [2.45, 2.75) is 32.3 Å². The number of benzene rings is 1. The van der Waals surface area contributed by atoms with E-state index in [0.717, 1.165) is 24.1 Å². The zero-order chi connectivity index (χ0) is 14.5. The molecule has 20 heavy (non-hydrogen) atoms. The molecule has 0 saturated carbocycles. The number of esters is 1. The Labute approximate surface area is 120 Å². The molecule has 3 atom stereocenters. The van der Waals surface area contributed by atoms with Gasteiger partial charge in [-0.1, -0.05) is 24.3 Å². The van der Waals surface area contributed by atoms with Gasteiger partial charge in [0.2, 0.25) is 0 Å². The molecule has 2 unspecified atom stereocenters. The monoisotopic (exact) mass is 277 g/mol. The zero-order valence-electron chi connectivity index (χ0n) is 12.1. The maximum Gasteiger partial charge on any atom is 0.310 e. The van der Waals surface area contributed by atoms with Gasteiger partial charge < -0.3 is 15.2 Å². The van der Waals surface area contributed by atoms with E-state index in [-0.39, 0.29) is 17.8 Å². The van der Waals surface area contributed by atoms with Crippen LogP contribution in [0.5, 0.6) is 0 Å². The second kappa shape index (κ2) is 6.86. The number of aliphatic hydroxyl groups excluding tert-OH is 1. The average molecular weight is 277 g/mol. The first-order valence-corrected chi connectivity index (χ1v) is 7.28. The maximum atomic E-state index is 12.1. The van der Waals surface area contributed by atoms with E-state index in [1.165, 1.54) is 0 Å². The first-order chi connectivity index (χ1) is 9.63. The fourth-order valence-corrected chi connectivity index (χ4v) is 2.78. The highest BCUT2D eigenvalue weighted by molar-refractivity contribution is 5.74. The van der Waals surface area contributed by atoms with E-state index in [4.69, 9.17) is 4.74 Å². The fourth-order valence-electron chi connectivity index (χ4n) is 2.78. The van der Waals surface area contributed by atoms with Crippen molar-refractivity contribution in [1.29, 1.82) is 0 Å². The second-order valence-electron chi connectivity index (χ2n) is 5.30. The van der Waals surface area contributed by atoms with Crippen molar-refractivity contribution in [2.75, 3.05) is 19.7 Å². The van der Waals surface area contributed by atoms with Crippen molar-refractivity contribution < 1.29 is 14.6 Å². The predicted molar refractivity (Wildman–Crippen MR) is 77.4 cm³/mol. The Morgan fingerprint density at radius 1 is 1.45 bits per heavy atom. The van der Waals surface area contributed by atoms with Crippen molar-refractivity contribution in [3.8, 4) is 0 Å². The first kappa shape index (κ1) is 15.0. The van der Waals surface area contributed by atoms with Gasteiger partial charge in [0.25, 0.3) is 0 Å². The van der Waals surface area contributed by atoms with Crippen LogP contribution in [0.3, 0.4) is 0 Å². The number of piperidine rings is 1. The molecular formula is C16H23NO3. The van der Waals surface area contributed by atoms with E-state index < -0.39 is 6.10 Å². The highest BCUT2D eigenvalue weighted by atomic mass is 16.5. The minimum atomic E-state index is -0.460. The molecule has 4 nitrogen and oxygen atoms in total. The number of hydrogen-bond acceptors (Lipinski definition) is 4. The van der Waals surface area contributed by atoms with Crippen LogP contribution in [0.25, 0.3) is 0 Å². The summed E-state index contributed by atoms with van der Waals surface area (Å²) in [6, 6.07) is 7.91. The Morgan fingerprint density at radius 3 is 2.75 bits per heavy atom. The molecule has 1 aliphatic heterocycles. The van der Waals surface area contributed by atoms with Gasteiger partial charge in [-0.05, 0) is 43.9 Å². The van der Waals surface area contributed by atoms with E-state index in [2.05, 4.69) is 5.32 Å². The van der Waals surface area contributed by atoms with Crippen LogP contribution in [0.2, 0.25) is 0 Å². The third-order valence-corrected chi connectivity index (χ3v) is 3.92. The van der Waals surface area contributed by atoms with Gasteiger partial charge in [0, 0.05) is 6.54 Å². The first-order valence-electron chi connectivity index (χ1n) is 7.28. The van der Waals surface area contributed by atoms with Gasteiger partial charge in [-0.3, -0.25) is 4.79 Å². The Hall–Kier alpha value is -1.39. The van der Waals surface area contributed by atoms with Gasteiger partial charge in [0.1, 0.15) is 0 Å². The quantitative estimate of drug-likeness (QED) is 0.826. The van der Waals surface area contributed by atoms with Crippen LogP contribution >= 0.6 is 0 Å². The molecule has 110 valence electrons. The molecule has 4 heteroatoms. The molecule has 1 aromatic rings. The molecule has 0 aromatic heterocycles. The van der Waals surface area contributed by atoms with Crippen LogP contribution in [0.15, 0.2) is 24.3 Å². The van der Waals surface area contributed by atoms with Crippen molar-refractivity contribution in [3.05, 3.63) is 35.4 Å². The van der Waals surface area contributed by atoms with E-state index in [0.29, 0.717) is 13.2 Å². The smallest absolute Gasteiger partial charge is 0.310 e. The van der Waals surface area contributed by atoms with Crippen molar-refractivity contribution in [2.24, 2.45) is 5.92 Å². The molecule has 1 heterocycles. The van der Waals surface area contributed by atoms with E-state index >= 15 is 0 Å². The third kappa shape index (κ3) is 3.38. The van der Waals surface area contributed by atoms with Crippen LogP contribution < -0.4 is 5.32 Å². The highest BCUT2D eigenvalue weighted by Crippen LogP contribution is 2.31. The lowest BCUT2D eigenvalue weighted by molar-refractivity contribution is -0.149. The number of carbonyl (C=O) groups excluding carboxylic acids is 1. The lowest BCUT2D eigenvalue weighted by Gasteiger charge is -2.31. The normalized spacial score (nSPS) is 24.1. The standard InChI is InChI=1S/C16H23NO3/c1-3-20-16(19)15-10-17-9-8-14(15)13-6-4-12(5-7-13)11(2)18/h4-7,11,14-15,17-18H,3,8-10H2,1-2H3/t11?,14?,15-/m1/s1. The summed E-state index contributed by atoms with van der Waals surface area (Å²) < 4.78 is 5.18. The molecule has 0 spiro atoms. The van der Waals surface area contributed by atoms with Crippen LogP contribution in [0, 0.1) is 5.92 Å². The molecule has 0 radical (unpaired) electrons. The molecule has 1 aliphatic rings. The Kier molecular flexibility index (Phi) is 5.15. The van der Waals surface area contributed by atoms with Crippen LogP contribution in [0.1, 0.15) is 43.4 Å². The molecule has 2 rings (SSSR count). The van der Waals surface area contributed by atoms with E-state index in [9.17, 15) is 9.90 Å². The molecular weight excluding hydrogens is 254 g/mol. The van der Waals surface area contributed by atoms with Gasteiger partial charge in [-0.25, -0.2) is 0 Å². The summed E-state index contributed by atoms with van der Waals surface area (Å²) in [6.45, 7) is 5.59. The van der Waals surface area contributed by atoms with Gasteiger partial charge in [-0.15, -0.1) is 0 Å². The SMILES string of the molecule is CCOC(=O)[C@@H]1CNCCC1c1ccc(C(C)O)cc1. The molecule has 1 aromatic carbocycles. The van der Waals surface area contributed by atoms with E-state index in [1.807, 2.05) is 31.2 Å². The molecule has 2 N–H and O–H groups in total. The molecule has 0 aliphatic carbocycles. The lowest BCUT2D eigenvalue weighted by Crippen LogP contribution is -2.40. The summed E-state index contributed by atoms with van der Waals surface area (Å²) >= 11 is 0. The Bertz CT molecular complexity index is 442. The van der Waals surface area contributed by atoms with Crippen molar-refractivity contribution >= 4 is 5.97 Å². The zero-order valence-corrected chi connectivity index (χ0v) is 12.1. The van der Waals surface area contributed by atoms with Crippen molar-refractivity contribution in [3.63, 3.8) is 0 Å². The number of nitrogens with one attached hydrogen (secondary N) is 1. The van der Waals surface area contributed by atoms with Crippen LogP contribution in [0.4, 0.5) is 0 Å². The molecule has 0 bridgehead atoms. The molecule has 0 amide bonds. The minimum Gasteiger partial charge on any atom is -0.466 e. The molecule has 1 fully saturated rings. The average Bonchev–Trinajstić information content (AvgIpc) is 2.47. The van der Waals surface area contributed by atoms with E-state index in [1.54, 1.807) is 6.92 Å². The largest absolute Gasteiger partial charge is 0.466 e.